The fourth-order valence-electron chi connectivity index (χ4n) is 2.62. The van der Waals surface area contributed by atoms with Gasteiger partial charge in [0, 0.05) is 22.3 Å². The summed E-state index contributed by atoms with van der Waals surface area (Å²) in [5.74, 6) is 0.640. The Bertz CT molecular complexity index is 580. The molecule has 1 aromatic rings. The minimum Gasteiger partial charge on any atom is -0.480 e. The van der Waals surface area contributed by atoms with E-state index in [0.29, 0.717) is 29.7 Å². The van der Waals surface area contributed by atoms with E-state index in [9.17, 15) is 14.9 Å². The Morgan fingerprint density at radius 2 is 1.89 bits per heavy atom. The molecule has 0 saturated heterocycles. The SMILES string of the molecule is Cc1c(C)c([N+](=O)[O-])c(C)c2c1OC(C)(C=O)CC2. The van der Waals surface area contributed by atoms with Gasteiger partial charge in [-0.25, -0.2) is 0 Å². The topological polar surface area (TPSA) is 69.4 Å². The van der Waals surface area contributed by atoms with Crippen molar-refractivity contribution in [2.24, 2.45) is 0 Å². The fourth-order valence-corrected chi connectivity index (χ4v) is 2.62. The minimum atomic E-state index is -0.827. The summed E-state index contributed by atoms with van der Waals surface area (Å²) in [6.07, 6.45) is 1.98. The monoisotopic (exact) mass is 263 g/mol. The molecule has 5 nitrogen and oxygen atoms in total. The number of nitrogens with zero attached hydrogens (tertiary/aromatic N) is 1. The summed E-state index contributed by atoms with van der Waals surface area (Å²) in [5, 5.41) is 11.2. The number of hydrogen-bond acceptors (Lipinski definition) is 4. The summed E-state index contributed by atoms with van der Waals surface area (Å²) in [7, 11) is 0. The number of rotatable bonds is 2. The lowest BCUT2D eigenvalue weighted by Gasteiger charge is -2.33. The van der Waals surface area contributed by atoms with E-state index in [-0.39, 0.29) is 10.6 Å². The molecule has 19 heavy (non-hydrogen) atoms. The van der Waals surface area contributed by atoms with Crippen LogP contribution in [-0.2, 0) is 11.2 Å². The molecule has 0 spiro atoms. The highest BCUT2D eigenvalue weighted by Crippen LogP contribution is 2.42. The number of aldehydes is 1. The Morgan fingerprint density at radius 3 is 2.42 bits per heavy atom. The zero-order valence-corrected chi connectivity index (χ0v) is 11.6. The van der Waals surface area contributed by atoms with Crippen LogP contribution in [0.5, 0.6) is 5.75 Å². The van der Waals surface area contributed by atoms with Gasteiger partial charge in [0.15, 0.2) is 11.9 Å². The number of hydrogen-bond donors (Lipinski definition) is 0. The number of fused-ring (bicyclic) bond motifs is 1. The number of nitro benzene ring substituents is 1. The Kier molecular flexibility index (Phi) is 3.08. The van der Waals surface area contributed by atoms with Crippen LogP contribution < -0.4 is 4.74 Å². The van der Waals surface area contributed by atoms with E-state index < -0.39 is 5.60 Å². The van der Waals surface area contributed by atoms with Gasteiger partial charge in [-0.05, 0) is 40.5 Å². The molecule has 0 aliphatic carbocycles. The van der Waals surface area contributed by atoms with Crippen molar-refractivity contribution in [1.29, 1.82) is 0 Å². The van der Waals surface area contributed by atoms with Gasteiger partial charge in [0.05, 0.1) is 4.92 Å². The van der Waals surface area contributed by atoms with Gasteiger partial charge in [-0.2, -0.15) is 0 Å². The molecule has 0 radical (unpaired) electrons. The fraction of sp³-hybridized carbons (Fsp3) is 0.500. The van der Waals surface area contributed by atoms with Gasteiger partial charge in [0.1, 0.15) is 5.75 Å². The number of carbonyl (C=O) groups excluding carboxylic acids is 1. The highest BCUT2D eigenvalue weighted by atomic mass is 16.6. The summed E-state index contributed by atoms with van der Waals surface area (Å²) in [6, 6.07) is 0. The Hall–Kier alpha value is -1.91. The maximum atomic E-state index is 11.2. The molecule has 0 fully saturated rings. The van der Waals surface area contributed by atoms with Gasteiger partial charge >= 0.3 is 0 Å². The van der Waals surface area contributed by atoms with Gasteiger partial charge in [0.2, 0.25) is 0 Å². The van der Waals surface area contributed by atoms with Crippen LogP contribution >= 0.6 is 0 Å². The lowest BCUT2D eigenvalue weighted by atomic mass is 9.87. The highest BCUT2D eigenvalue weighted by molar-refractivity contribution is 5.67. The first-order valence-electron chi connectivity index (χ1n) is 6.23. The summed E-state index contributed by atoms with van der Waals surface area (Å²) in [5.41, 5.74) is 2.20. The molecule has 1 heterocycles. The van der Waals surface area contributed by atoms with E-state index in [1.165, 1.54) is 0 Å². The van der Waals surface area contributed by atoms with Crippen LogP contribution in [-0.4, -0.2) is 16.8 Å². The second-order valence-electron chi connectivity index (χ2n) is 5.32. The van der Waals surface area contributed by atoms with Crippen LogP contribution in [0.25, 0.3) is 0 Å². The van der Waals surface area contributed by atoms with Gasteiger partial charge < -0.3 is 4.74 Å². The van der Waals surface area contributed by atoms with Gasteiger partial charge in [-0.1, -0.05) is 0 Å². The minimum absolute atomic E-state index is 0.162. The van der Waals surface area contributed by atoms with Crippen molar-refractivity contribution < 1.29 is 14.5 Å². The molecule has 0 N–H and O–H groups in total. The molecule has 0 bridgehead atoms. The largest absolute Gasteiger partial charge is 0.480 e. The molecule has 1 atom stereocenters. The van der Waals surface area contributed by atoms with E-state index >= 15 is 0 Å². The molecule has 5 heteroatoms. The third-order valence-corrected chi connectivity index (χ3v) is 3.98. The van der Waals surface area contributed by atoms with Gasteiger partial charge in [-0.3, -0.25) is 14.9 Å². The lowest BCUT2D eigenvalue weighted by Crippen LogP contribution is -2.38. The van der Waals surface area contributed by atoms with Crippen molar-refractivity contribution >= 4 is 12.0 Å². The first-order valence-corrected chi connectivity index (χ1v) is 6.23. The summed E-state index contributed by atoms with van der Waals surface area (Å²) < 4.78 is 5.81. The lowest BCUT2D eigenvalue weighted by molar-refractivity contribution is -0.386. The van der Waals surface area contributed by atoms with Crippen molar-refractivity contribution in [3.8, 4) is 5.75 Å². The van der Waals surface area contributed by atoms with Crippen LogP contribution in [0, 0.1) is 30.9 Å². The van der Waals surface area contributed by atoms with Crippen molar-refractivity contribution in [3.63, 3.8) is 0 Å². The van der Waals surface area contributed by atoms with E-state index in [0.717, 1.165) is 17.4 Å². The average Bonchev–Trinajstić information content (AvgIpc) is 2.36. The zero-order chi connectivity index (χ0) is 14.4. The predicted molar refractivity (Wildman–Crippen MR) is 70.7 cm³/mol. The average molecular weight is 263 g/mol. The third-order valence-electron chi connectivity index (χ3n) is 3.98. The van der Waals surface area contributed by atoms with Crippen molar-refractivity contribution in [2.75, 3.05) is 0 Å². The number of benzene rings is 1. The molecular weight excluding hydrogens is 246 g/mol. The molecule has 1 aromatic carbocycles. The second kappa shape index (κ2) is 4.33. The molecular formula is C14H17NO4. The summed E-state index contributed by atoms with van der Waals surface area (Å²) >= 11 is 0. The molecule has 1 aliphatic heterocycles. The first-order chi connectivity index (χ1) is 8.80. The molecule has 1 unspecified atom stereocenters. The first kappa shape index (κ1) is 13.5. The normalized spacial score (nSPS) is 21.5. The Morgan fingerprint density at radius 1 is 1.26 bits per heavy atom. The number of nitro groups is 1. The van der Waals surface area contributed by atoms with E-state index in [4.69, 9.17) is 4.74 Å². The summed E-state index contributed by atoms with van der Waals surface area (Å²) in [6.45, 7) is 7.01. The van der Waals surface area contributed by atoms with Crippen LogP contribution in [0.4, 0.5) is 5.69 Å². The molecule has 0 saturated carbocycles. The zero-order valence-electron chi connectivity index (χ0n) is 11.6. The maximum Gasteiger partial charge on any atom is 0.275 e. The van der Waals surface area contributed by atoms with Crippen molar-refractivity contribution in [3.05, 3.63) is 32.4 Å². The second-order valence-corrected chi connectivity index (χ2v) is 5.32. The van der Waals surface area contributed by atoms with Crippen molar-refractivity contribution in [1.82, 2.24) is 0 Å². The van der Waals surface area contributed by atoms with Crippen LogP contribution in [0.2, 0.25) is 0 Å². The van der Waals surface area contributed by atoms with Gasteiger partial charge in [0.25, 0.3) is 5.69 Å². The Balaban J connectivity index is 2.69. The summed E-state index contributed by atoms with van der Waals surface area (Å²) in [4.78, 5) is 21.9. The van der Waals surface area contributed by atoms with Gasteiger partial charge in [-0.15, -0.1) is 0 Å². The maximum absolute atomic E-state index is 11.2. The molecule has 0 aromatic heterocycles. The van der Waals surface area contributed by atoms with E-state index in [1.54, 1.807) is 27.7 Å². The Labute approximate surface area is 111 Å². The standard InChI is InChI=1S/C14H17NO4/c1-8-9(2)13-11(10(3)12(8)15(17)18)5-6-14(4,7-16)19-13/h7H,5-6H2,1-4H3. The highest BCUT2D eigenvalue weighted by Gasteiger charge is 2.36. The molecule has 1 aliphatic rings. The van der Waals surface area contributed by atoms with Crippen molar-refractivity contribution in [2.45, 2.75) is 46.1 Å². The predicted octanol–water partition coefficient (Wildman–Crippen LogP) is 2.80. The molecule has 2 rings (SSSR count). The van der Waals surface area contributed by atoms with E-state index in [2.05, 4.69) is 0 Å². The van der Waals surface area contributed by atoms with Crippen LogP contribution in [0.1, 0.15) is 35.6 Å². The number of carbonyl (C=O) groups is 1. The quantitative estimate of drug-likeness (QED) is 0.467. The van der Waals surface area contributed by atoms with Crippen LogP contribution in [0.15, 0.2) is 0 Å². The van der Waals surface area contributed by atoms with Crippen LogP contribution in [0.3, 0.4) is 0 Å². The smallest absolute Gasteiger partial charge is 0.275 e. The van der Waals surface area contributed by atoms with E-state index in [1.807, 2.05) is 0 Å². The molecule has 0 amide bonds. The third kappa shape index (κ3) is 1.99. The number of ether oxygens (including phenoxy) is 1. The molecule has 102 valence electrons.